The number of hydrogen-bond acceptors (Lipinski definition) is 3. The van der Waals surface area contributed by atoms with Gasteiger partial charge in [0.15, 0.2) is 0 Å². The molecule has 0 saturated carbocycles. The van der Waals surface area contributed by atoms with Crippen molar-refractivity contribution in [2.75, 3.05) is 0 Å². The summed E-state index contributed by atoms with van der Waals surface area (Å²) in [4.78, 5) is 14.8. The number of alkyl halides is 3. The predicted molar refractivity (Wildman–Crippen MR) is 63.1 cm³/mol. The number of carbonyl (C=O) groups excluding carboxylic acids is 1. The highest BCUT2D eigenvalue weighted by Crippen LogP contribution is 2.41. The Morgan fingerprint density at radius 1 is 1.26 bits per heavy atom. The van der Waals surface area contributed by atoms with Crippen molar-refractivity contribution < 1.29 is 18.0 Å². The average molecular weight is 269 g/mol. The van der Waals surface area contributed by atoms with Gasteiger partial charge in [-0.3, -0.25) is 9.79 Å². The molecule has 0 radical (unpaired) electrons. The number of aliphatic imine (C=N–C) groups is 1. The van der Waals surface area contributed by atoms with Gasteiger partial charge in [0.1, 0.15) is 5.71 Å². The Morgan fingerprint density at radius 3 is 2.42 bits per heavy atom. The number of hydrogen-bond donors (Lipinski definition) is 2. The lowest BCUT2D eigenvalue weighted by atomic mass is 9.83. The van der Waals surface area contributed by atoms with Crippen molar-refractivity contribution in [1.82, 2.24) is 5.32 Å². The number of nitrogens with one attached hydrogen (secondary N) is 1. The first-order valence-electron chi connectivity index (χ1n) is 5.32. The van der Waals surface area contributed by atoms with Gasteiger partial charge in [0.2, 0.25) is 5.54 Å². The van der Waals surface area contributed by atoms with Crippen LogP contribution in [-0.2, 0) is 10.3 Å². The second kappa shape index (κ2) is 4.42. The van der Waals surface area contributed by atoms with Crippen molar-refractivity contribution in [3.05, 3.63) is 48.3 Å². The zero-order chi connectivity index (χ0) is 14.1. The summed E-state index contributed by atoms with van der Waals surface area (Å²) in [5, 5.41) is 2.18. The standard InChI is InChI=1S/C12H10F3N3O/c13-12(14,15)11(8-4-2-1-3-5-8)9(10(16)19)17-6-7-18-11/h1-7,18H,(H2,16,19). The number of amides is 1. The van der Waals surface area contributed by atoms with Gasteiger partial charge in [-0.25, -0.2) is 0 Å². The molecule has 7 heteroatoms. The van der Waals surface area contributed by atoms with Gasteiger partial charge in [-0.05, 0) is 5.56 Å². The molecule has 0 spiro atoms. The molecule has 0 bridgehead atoms. The lowest BCUT2D eigenvalue weighted by molar-refractivity contribution is -0.176. The van der Waals surface area contributed by atoms with Gasteiger partial charge < -0.3 is 11.1 Å². The van der Waals surface area contributed by atoms with Gasteiger partial charge in [-0.15, -0.1) is 0 Å². The van der Waals surface area contributed by atoms with E-state index in [0.717, 1.165) is 12.4 Å². The molecule has 1 amide bonds. The summed E-state index contributed by atoms with van der Waals surface area (Å²) < 4.78 is 40.5. The first kappa shape index (κ1) is 13.1. The van der Waals surface area contributed by atoms with Gasteiger partial charge in [0.25, 0.3) is 5.91 Å². The van der Waals surface area contributed by atoms with Gasteiger partial charge in [-0.1, -0.05) is 30.3 Å². The van der Waals surface area contributed by atoms with Crippen molar-refractivity contribution in [2.24, 2.45) is 10.7 Å². The zero-order valence-electron chi connectivity index (χ0n) is 9.61. The van der Waals surface area contributed by atoms with Crippen LogP contribution in [0.2, 0.25) is 0 Å². The molecule has 1 aromatic carbocycles. The van der Waals surface area contributed by atoms with Crippen LogP contribution < -0.4 is 11.1 Å². The SMILES string of the molecule is NC(=O)C1=NC=CNC1(c1ccccc1)C(F)(F)F. The Balaban J connectivity index is 2.70. The van der Waals surface area contributed by atoms with Crippen LogP contribution in [0.1, 0.15) is 5.56 Å². The van der Waals surface area contributed by atoms with Crippen LogP contribution >= 0.6 is 0 Å². The van der Waals surface area contributed by atoms with E-state index in [1.54, 1.807) is 6.07 Å². The van der Waals surface area contributed by atoms with Crippen molar-refractivity contribution >= 4 is 11.6 Å². The fraction of sp³-hybridized carbons (Fsp3) is 0.167. The molecule has 1 aliphatic rings. The maximum atomic E-state index is 13.5. The monoisotopic (exact) mass is 269 g/mol. The molecule has 100 valence electrons. The number of nitrogens with two attached hydrogens (primary N) is 1. The highest BCUT2D eigenvalue weighted by atomic mass is 19.4. The molecule has 0 saturated heterocycles. The minimum Gasteiger partial charge on any atom is -0.368 e. The normalized spacial score (nSPS) is 22.6. The molecule has 2 rings (SSSR count). The summed E-state index contributed by atoms with van der Waals surface area (Å²) in [6.45, 7) is 0. The van der Waals surface area contributed by atoms with Crippen molar-refractivity contribution in [3.8, 4) is 0 Å². The maximum Gasteiger partial charge on any atom is 0.421 e. The zero-order valence-corrected chi connectivity index (χ0v) is 9.61. The molecule has 0 aromatic heterocycles. The Kier molecular flexibility index (Phi) is 3.05. The van der Waals surface area contributed by atoms with Gasteiger partial charge >= 0.3 is 6.18 Å². The Hall–Kier alpha value is -2.31. The average Bonchev–Trinajstić information content (AvgIpc) is 2.38. The minimum absolute atomic E-state index is 0.149. The van der Waals surface area contributed by atoms with E-state index >= 15 is 0 Å². The first-order valence-corrected chi connectivity index (χ1v) is 5.32. The van der Waals surface area contributed by atoms with E-state index in [2.05, 4.69) is 10.3 Å². The lowest BCUT2D eigenvalue weighted by Gasteiger charge is -2.37. The molecule has 0 aliphatic carbocycles. The molecular formula is C12H10F3N3O. The molecule has 19 heavy (non-hydrogen) atoms. The van der Waals surface area contributed by atoms with E-state index in [4.69, 9.17) is 5.73 Å². The van der Waals surface area contributed by atoms with E-state index in [-0.39, 0.29) is 5.56 Å². The van der Waals surface area contributed by atoms with Gasteiger partial charge in [-0.2, -0.15) is 13.2 Å². The van der Waals surface area contributed by atoms with Gasteiger partial charge in [0.05, 0.1) is 0 Å². The quantitative estimate of drug-likeness (QED) is 0.853. The molecular weight excluding hydrogens is 259 g/mol. The third-order valence-corrected chi connectivity index (χ3v) is 2.80. The topological polar surface area (TPSA) is 67.5 Å². The Labute approximate surface area is 106 Å². The molecule has 1 unspecified atom stereocenters. The Morgan fingerprint density at radius 2 is 1.89 bits per heavy atom. The van der Waals surface area contributed by atoms with Crippen molar-refractivity contribution in [3.63, 3.8) is 0 Å². The van der Waals surface area contributed by atoms with Crippen LogP contribution in [0.15, 0.2) is 47.7 Å². The highest BCUT2D eigenvalue weighted by molar-refractivity contribution is 6.42. The molecule has 1 aromatic rings. The number of benzene rings is 1. The minimum atomic E-state index is -4.77. The van der Waals surface area contributed by atoms with Gasteiger partial charge in [0, 0.05) is 12.4 Å². The van der Waals surface area contributed by atoms with E-state index in [1.165, 1.54) is 24.3 Å². The van der Waals surface area contributed by atoms with Crippen molar-refractivity contribution in [2.45, 2.75) is 11.7 Å². The van der Waals surface area contributed by atoms with Crippen LogP contribution in [0.25, 0.3) is 0 Å². The maximum absolute atomic E-state index is 13.5. The second-order valence-electron chi connectivity index (χ2n) is 3.92. The molecule has 1 atom stereocenters. The van der Waals surface area contributed by atoms with E-state index < -0.39 is 23.3 Å². The second-order valence-corrected chi connectivity index (χ2v) is 3.92. The summed E-state index contributed by atoms with van der Waals surface area (Å²) in [7, 11) is 0. The largest absolute Gasteiger partial charge is 0.421 e. The Bertz CT molecular complexity index is 551. The van der Waals surface area contributed by atoms with E-state index in [0.29, 0.717) is 0 Å². The molecule has 1 heterocycles. The van der Waals surface area contributed by atoms with Crippen molar-refractivity contribution in [1.29, 1.82) is 0 Å². The van der Waals surface area contributed by atoms with Crippen LogP contribution in [0.5, 0.6) is 0 Å². The fourth-order valence-corrected chi connectivity index (χ4v) is 1.98. The number of primary amides is 1. The van der Waals surface area contributed by atoms with E-state index in [1.807, 2.05) is 0 Å². The smallest absolute Gasteiger partial charge is 0.368 e. The van der Waals surface area contributed by atoms with Crippen LogP contribution in [-0.4, -0.2) is 17.8 Å². The number of nitrogens with zero attached hydrogens (tertiary/aromatic N) is 1. The first-order chi connectivity index (χ1) is 8.89. The predicted octanol–water partition coefficient (Wildman–Crippen LogP) is 1.44. The molecule has 1 aliphatic heterocycles. The third-order valence-electron chi connectivity index (χ3n) is 2.80. The number of carbonyl (C=O) groups is 1. The highest BCUT2D eigenvalue weighted by Gasteiger charge is 2.61. The van der Waals surface area contributed by atoms with Crippen LogP contribution in [0.4, 0.5) is 13.2 Å². The summed E-state index contributed by atoms with van der Waals surface area (Å²) in [6, 6.07) is 6.99. The molecule has 3 N–H and O–H groups in total. The summed E-state index contributed by atoms with van der Waals surface area (Å²) >= 11 is 0. The van der Waals surface area contributed by atoms with Crippen LogP contribution in [0.3, 0.4) is 0 Å². The summed E-state index contributed by atoms with van der Waals surface area (Å²) in [5.41, 5.74) is 1.39. The summed E-state index contributed by atoms with van der Waals surface area (Å²) in [6.07, 6.45) is -2.67. The number of rotatable bonds is 2. The summed E-state index contributed by atoms with van der Waals surface area (Å²) in [5.74, 6) is -1.22. The van der Waals surface area contributed by atoms with Crippen LogP contribution in [0, 0.1) is 0 Å². The molecule has 4 nitrogen and oxygen atoms in total. The van der Waals surface area contributed by atoms with E-state index in [9.17, 15) is 18.0 Å². The number of halogens is 3. The molecule has 0 fully saturated rings. The fourth-order valence-electron chi connectivity index (χ4n) is 1.98. The third kappa shape index (κ3) is 1.96. The lowest BCUT2D eigenvalue weighted by Crippen LogP contribution is -2.62.